The van der Waals surface area contributed by atoms with Crippen molar-refractivity contribution in [2.45, 2.75) is 56.3 Å². The van der Waals surface area contributed by atoms with Gasteiger partial charge in [0.2, 0.25) is 0 Å². The predicted octanol–water partition coefficient (Wildman–Crippen LogP) is 5.79. The van der Waals surface area contributed by atoms with E-state index in [1.165, 1.54) is 28.3 Å². The van der Waals surface area contributed by atoms with Crippen molar-refractivity contribution in [2.24, 2.45) is 5.92 Å². The van der Waals surface area contributed by atoms with Gasteiger partial charge in [-0.25, -0.2) is 0 Å². The van der Waals surface area contributed by atoms with E-state index < -0.39 is 8.32 Å². The molecule has 200 valence electrons. The lowest BCUT2D eigenvalue weighted by Gasteiger charge is -2.44. The highest BCUT2D eigenvalue weighted by atomic mass is 32.2. The van der Waals surface area contributed by atoms with Crippen molar-refractivity contribution in [2.75, 3.05) is 45.2 Å². The second-order valence-electron chi connectivity index (χ2n) is 10.4. The molecule has 2 aromatic carbocycles. The summed E-state index contributed by atoms with van der Waals surface area (Å²) in [5.41, 5.74) is 0. The monoisotopic (exact) mass is 548 g/mol. The third kappa shape index (κ3) is 8.10. The van der Waals surface area contributed by atoms with Crippen LogP contribution in [0.3, 0.4) is 0 Å². The number of methoxy groups -OCH3 is 1. The lowest BCUT2D eigenvalue weighted by molar-refractivity contribution is -0.116. The summed E-state index contributed by atoms with van der Waals surface area (Å²) < 4.78 is 24.9. The van der Waals surface area contributed by atoms with Crippen LogP contribution in [0.2, 0.25) is 5.04 Å². The summed E-state index contributed by atoms with van der Waals surface area (Å²) in [6.07, 6.45) is 2.38. The Balaban J connectivity index is 1.81. The zero-order chi connectivity index (χ0) is 25.9. The Labute approximate surface area is 228 Å². The van der Waals surface area contributed by atoms with Crippen molar-refractivity contribution in [3.8, 4) is 0 Å². The van der Waals surface area contributed by atoms with E-state index in [9.17, 15) is 0 Å². The molecule has 1 aliphatic rings. The van der Waals surface area contributed by atoms with E-state index in [-0.39, 0.29) is 17.1 Å². The zero-order valence-corrected chi connectivity index (χ0v) is 25.2. The maximum absolute atomic E-state index is 7.23. The molecule has 0 bridgehead atoms. The van der Waals surface area contributed by atoms with Gasteiger partial charge >= 0.3 is 0 Å². The van der Waals surface area contributed by atoms with Crippen LogP contribution in [0.4, 0.5) is 0 Å². The van der Waals surface area contributed by atoms with Gasteiger partial charge in [-0.2, -0.15) is 0 Å². The lowest BCUT2D eigenvalue weighted by Crippen LogP contribution is -2.67. The van der Waals surface area contributed by atoms with E-state index >= 15 is 0 Å². The Hall–Kier alpha value is -0.803. The smallest absolute Gasteiger partial charge is 0.261 e. The Morgan fingerprint density at radius 2 is 1.50 bits per heavy atom. The maximum atomic E-state index is 7.23. The molecular weight excluding hydrogens is 505 g/mol. The van der Waals surface area contributed by atoms with E-state index in [0.29, 0.717) is 31.2 Å². The minimum Gasteiger partial charge on any atom is -0.407 e. The van der Waals surface area contributed by atoms with Gasteiger partial charge in [0.1, 0.15) is 6.79 Å². The Kier molecular flexibility index (Phi) is 12.4. The van der Waals surface area contributed by atoms with Gasteiger partial charge in [0, 0.05) is 19.6 Å². The topological polar surface area (TPSA) is 36.9 Å². The number of benzene rings is 2. The molecule has 2 unspecified atom stereocenters. The number of hydrogen-bond donors (Lipinski definition) is 0. The van der Waals surface area contributed by atoms with Crippen molar-refractivity contribution >= 4 is 42.2 Å². The lowest BCUT2D eigenvalue weighted by atomic mass is 10.0. The first kappa shape index (κ1) is 29.7. The summed E-state index contributed by atoms with van der Waals surface area (Å²) in [7, 11) is -0.884. The Bertz CT molecular complexity index is 817. The molecule has 1 aliphatic heterocycles. The molecule has 7 heteroatoms. The SMILES string of the molecule is COCCOCOC(CC1SCCCS1)C(C)CO[Si](c1ccccc1)(c1ccccc1)C(C)(C)C. The van der Waals surface area contributed by atoms with Gasteiger partial charge in [0.25, 0.3) is 8.32 Å². The normalized spacial score (nSPS) is 17.1. The second-order valence-corrected chi connectivity index (χ2v) is 17.7. The van der Waals surface area contributed by atoms with E-state index in [4.69, 9.17) is 18.6 Å². The van der Waals surface area contributed by atoms with E-state index in [0.717, 1.165) is 6.42 Å². The van der Waals surface area contributed by atoms with Crippen molar-refractivity contribution in [1.82, 2.24) is 0 Å². The van der Waals surface area contributed by atoms with Gasteiger partial charge < -0.3 is 18.6 Å². The highest BCUT2D eigenvalue weighted by molar-refractivity contribution is 8.17. The summed E-state index contributed by atoms with van der Waals surface area (Å²) in [6.45, 7) is 11.3. The molecule has 2 atom stereocenters. The molecule has 0 radical (unpaired) electrons. The first-order valence-corrected chi connectivity index (χ1v) is 17.1. The third-order valence-electron chi connectivity index (χ3n) is 6.73. The molecule has 1 heterocycles. The van der Waals surface area contributed by atoms with Crippen LogP contribution in [0.25, 0.3) is 0 Å². The van der Waals surface area contributed by atoms with Crippen LogP contribution in [-0.2, 0) is 18.6 Å². The quantitative estimate of drug-likeness (QED) is 0.169. The largest absolute Gasteiger partial charge is 0.407 e. The molecule has 4 nitrogen and oxygen atoms in total. The van der Waals surface area contributed by atoms with Crippen molar-refractivity contribution < 1.29 is 18.6 Å². The van der Waals surface area contributed by atoms with Gasteiger partial charge in [-0.1, -0.05) is 88.4 Å². The third-order valence-corrected chi connectivity index (χ3v) is 14.7. The minimum absolute atomic E-state index is 0.0376. The fourth-order valence-corrected chi connectivity index (χ4v) is 12.4. The predicted molar refractivity (Wildman–Crippen MR) is 158 cm³/mol. The second kappa shape index (κ2) is 15.0. The molecule has 2 aromatic rings. The zero-order valence-electron chi connectivity index (χ0n) is 22.6. The Morgan fingerprint density at radius 3 is 2.03 bits per heavy atom. The molecule has 0 N–H and O–H groups in total. The summed E-state index contributed by atoms with van der Waals surface area (Å²) >= 11 is 4.14. The van der Waals surface area contributed by atoms with E-state index in [1.807, 2.05) is 0 Å². The van der Waals surface area contributed by atoms with Crippen molar-refractivity contribution in [1.29, 1.82) is 0 Å². The van der Waals surface area contributed by atoms with Gasteiger partial charge in [0.15, 0.2) is 0 Å². The number of ether oxygens (including phenoxy) is 3. The molecule has 3 rings (SSSR count). The summed E-state index contributed by atoms with van der Waals surface area (Å²) in [5, 5.41) is 2.59. The van der Waals surface area contributed by atoms with Crippen LogP contribution < -0.4 is 10.4 Å². The van der Waals surface area contributed by atoms with Gasteiger partial charge in [-0.3, -0.25) is 0 Å². The molecule has 36 heavy (non-hydrogen) atoms. The molecule has 0 saturated carbocycles. The average molecular weight is 549 g/mol. The van der Waals surface area contributed by atoms with E-state index in [1.54, 1.807) is 7.11 Å². The van der Waals surface area contributed by atoms with Gasteiger partial charge in [-0.15, -0.1) is 23.5 Å². The molecular formula is C29H44O4S2Si. The summed E-state index contributed by atoms with van der Waals surface area (Å²) in [6, 6.07) is 21.7. The molecule has 1 saturated heterocycles. The van der Waals surface area contributed by atoms with Crippen LogP contribution in [-0.4, -0.2) is 64.2 Å². The minimum atomic E-state index is -2.57. The molecule has 0 aromatic heterocycles. The van der Waals surface area contributed by atoms with Crippen molar-refractivity contribution in [3.63, 3.8) is 0 Å². The van der Waals surface area contributed by atoms with Crippen molar-refractivity contribution in [3.05, 3.63) is 60.7 Å². The van der Waals surface area contributed by atoms with Crippen LogP contribution in [0, 0.1) is 5.92 Å². The maximum Gasteiger partial charge on any atom is 0.261 e. The van der Waals surface area contributed by atoms with Crippen LogP contribution in [0.5, 0.6) is 0 Å². The summed E-state index contributed by atoms with van der Waals surface area (Å²) in [5.74, 6) is 2.71. The molecule has 1 fully saturated rings. The van der Waals surface area contributed by atoms with Crippen LogP contribution >= 0.6 is 23.5 Å². The van der Waals surface area contributed by atoms with Gasteiger partial charge in [0.05, 0.1) is 23.9 Å². The highest BCUT2D eigenvalue weighted by Gasteiger charge is 2.50. The van der Waals surface area contributed by atoms with E-state index in [2.05, 4.69) is 112 Å². The fourth-order valence-electron chi connectivity index (χ4n) is 4.79. The van der Waals surface area contributed by atoms with Gasteiger partial charge in [-0.05, 0) is 39.8 Å². The standard InChI is InChI=1S/C29H44O4S2Si/c1-24(27(32-23-31-18-17-30-5)21-28-34-19-12-20-35-28)22-33-36(29(2,3)4,25-13-8-6-9-14-25)26-15-10-7-11-16-26/h6-11,13-16,24,27-28H,12,17-23H2,1-5H3. The Morgan fingerprint density at radius 1 is 0.917 bits per heavy atom. The molecule has 0 spiro atoms. The highest BCUT2D eigenvalue weighted by Crippen LogP contribution is 2.38. The number of hydrogen-bond acceptors (Lipinski definition) is 6. The first-order valence-electron chi connectivity index (χ1n) is 13.0. The number of thioether (sulfide) groups is 2. The first-order chi connectivity index (χ1) is 17.4. The summed E-state index contributed by atoms with van der Waals surface area (Å²) in [4.78, 5) is 0. The fraction of sp³-hybridized carbons (Fsp3) is 0.586. The molecule has 0 amide bonds. The van der Waals surface area contributed by atoms with Crippen LogP contribution in [0.15, 0.2) is 60.7 Å². The van der Waals surface area contributed by atoms with Crippen LogP contribution in [0.1, 0.15) is 40.5 Å². The number of rotatable bonds is 14. The average Bonchev–Trinajstić information content (AvgIpc) is 2.89. The molecule has 0 aliphatic carbocycles.